The molecule has 4 nitrogen and oxygen atoms in total. The summed E-state index contributed by atoms with van der Waals surface area (Å²) in [7, 11) is 0. The maximum atomic E-state index is 11.9. The maximum Gasteiger partial charge on any atom is 0.220 e. The van der Waals surface area contributed by atoms with E-state index in [-0.39, 0.29) is 23.8 Å². The number of nitrogens with two attached hydrogens (primary N) is 1. The molecule has 2 amide bonds. The lowest BCUT2D eigenvalue weighted by Crippen LogP contribution is -2.39. The van der Waals surface area contributed by atoms with Gasteiger partial charge in [0.2, 0.25) is 11.8 Å². The number of carbonyl (C=O) groups excluding carboxylic acids is 2. The monoisotopic (exact) mass is 324 g/mol. The first-order valence-electron chi connectivity index (χ1n) is 9.72. The maximum absolute atomic E-state index is 11.9. The number of amides is 2. The molecule has 1 saturated carbocycles. The van der Waals surface area contributed by atoms with Crippen molar-refractivity contribution in [1.29, 1.82) is 0 Å². The number of rotatable bonds is 12. The van der Waals surface area contributed by atoms with Crippen molar-refractivity contribution < 1.29 is 9.59 Å². The Morgan fingerprint density at radius 2 is 1.39 bits per heavy atom. The Kier molecular flexibility index (Phi) is 10.8. The van der Waals surface area contributed by atoms with Crippen molar-refractivity contribution in [3.05, 3.63) is 0 Å². The van der Waals surface area contributed by atoms with Crippen molar-refractivity contribution in [3.63, 3.8) is 0 Å². The van der Waals surface area contributed by atoms with Crippen molar-refractivity contribution >= 4 is 11.8 Å². The van der Waals surface area contributed by atoms with Crippen LogP contribution in [0.3, 0.4) is 0 Å². The third-order valence-electron chi connectivity index (χ3n) is 5.00. The zero-order valence-corrected chi connectivity index (χ0v) is 14.9. The van der Waals surface area contributed by atoms with Crippen LogP contribution in [0.4, 0.5) is 0 Å². The summed E-state index contributed by atoms with van der Waals surface area (Å²) in [6, 6.07) is 0.247. The molecule has 0 heterocycles. The summed E-state index contributed by atoms with van der Waals surface area (Å²) in [6.07, 6.45) is 15.5. The number of hydrogen-bond acceptors (Lipinski definition) is 2. The molecule has 1 aliphatic rings. The summed E-state index contributed by atoms with van der Waals surface area (Å²) in [4.78, 5) is 23.1. The van der Waals surface area contributed by atoms with Gasteiger partial charge in [0, 0.05) is 18.4 Å². The van der Waals surface area contributed by atoms with E-state index in [0.717, 1.165) is 38.5 Å². The molecule has 1 fully saturated rings. The van der Waals surface area contributed by atoms with Crippen LogP contribution in [-0.4, -0.2) is 17.9 Å². The van der Waals surface area contributed by atoms with Gasteiger partial charge in [0.1, 0.15) is 0 Å². The Balaban J connectivity index is 1.94. The highest BCUT2D eigenvalue weighted by Gasteiger charge is 2.25. The third kappa shape index (κ3) is 9.62. The summed E-state index contributed by atoms with van der Waals surface area (Å²) in [5.74, 6) is 0.000389. The fourth-order valence-electron chi connectivity index (χ4n) is 3.42. The van der Waals surface area contributed by atoms with Gasteiger partial charge in [-0.05, 0) is 32.1 Å². The molecule has 0 aromatic rings. The number of unbranched alkanes of at least 4 members (excludes halogenated alkanes) is 8. The summed E-state index contributed by atoms with van der Waals surface area (Å²) < 4.78 is 0. The van der Waals surface area contributed by atoms with Gasteiger partial charge in [0.05, 0.1) is 0 Å². The molecule has 0 spiro atoms. The van der Waals surface area contributed by atoms with E-state index in [1.807, 2.05) is 0 Å². The van der Waals surface area contributed by atoms with Crippen molar-refractivity contribution in [2.24, 2.45) is 11.7 Å². The van der Waals surface area contributed by atoms with Crippen LogP contribution < -0.4 is 11.1 Å². The highest BCUT2D eigenvalue weighted by atomic mass is 16.2. The minimum absolute atomic E-state index is 0.0143. The number of nitrogens with one attached hydrogen (secondary N) is 1. The van der Waals surface area contributed by atoms with Gasteiger partial charge in [-0.2, -0.15) is 0 Å². The summed E-state index contributed by atoms with van der Waals surface area (Å²) in [5, 5.41) is 3.11. The van der Waals surface area contributed by atoms with Crippen LogP contribution in [-0.2, 0) is 9.59 Å². The van der Waals surface area contributed by atoms with Crippen LogP contribution >= 0.6 is 0 Å². The number of primary amides is 1. The van der Waals surface area contributed by atoms with E-state index in [0.29, 0.717) is 6.42 Å². The van der Waals surface area contributed by atoms with Crippen LogP contribution in [0.5, 0.6) is 0 Å². The predicted octanol–water partition coefficient (Wildman–Crippen LogP) is 4.07. The van der Waals surface area contributed by atoms with E-state index in [1.54, 1.807) is 0 Å². The molecule has 0 bridgehead atoms. The predicted molar refractivity (Wildman–Crippen MR) is 94.9 cm³/mol. The first-order chi connectivity index (χ1) is 11.1. The summed E-state index contributed by atoms with van der Waals surface area (Å²) in [6.45, 7) is 2.24. The molecule has 0 aliphatic heterocycles. The normalized spacial score (nSPS) is 21.1. The summed E-state index contributed by atoms with van der Waals surface area (Å²) in [5.41, 5.74) is 5.33. The smallest absolute Gasteiger partial charge is 0.220 e. The Labute approximate surface area is 142 Å². The van der Waals surface area contributed by atoms with Gasteiger partial charge in [-0.3, -0.25) is 9.59 Å². The molecule has 0 aromatic heterocycles. The molecule has 0 radical (unpaired) electrons. The van der Waals surface area contributed by atoms with Gasteiger partial charge in [-0.1, -0.05) is 58.3 Å². The lowest BCUT2D eigenvalue weighted by atomic mass is 9.85. The van der Waals surface area contributed by atoms with Crippen LogP contribution in [0.1, 0.15) is 96.8 Å². The molecule has 0 unspecified atom stereocenters. The highest BCUT2D eigenvalue weighted by molar-refractivity contribution is 5.77. The van der Waals surface area contributed by atoms with E-state index in [9.17, 15) is 9.59 Å². The lowest BCUT2D eigenvalue weighted by Gasteiger charge is -2.27. The molecule has 4 heteroatoms. The van der Waals surface area contributed by atoms with Gasteiger partial charge in [0.15, 0.2) is 0 Å². The number of hydrogen-bond donors (Lipinski definition) is 2. The lowest BCUT2D eigenvalue weighted by molar-refractivity contribution is -0.123. The topological polar surface area (TPSA) is 72.2 Å². The van der Waals surface area contributed by atoms with Gasteiger partial charge >= 0.3 is 0 Å². The van der Waals surface area contributed by atoms with E-state index in [1.165, 1.54) is 44.9 Å². The molecule has 3 N–H and O–H groups in total. The van der Waals surface area contributed by atoms with Crippen molar-refractivity contribution in [3.8, 4) is 0 Å². The van der Waals surface area contributed by atoms with Crippen LogP contribution in [0, 0.1) is 5.92 Å². The first kappa shape index (κ1) is 20.0. The van der Waals surface area contributed by atoms with Gasteiger partial charge < -0.3 is 11.1 Å². The number of carbonyl (C=O) groups is 2. The average Bonchev–Trinajstić information content (AvgIpc) is 2.54. The van der Waals surface area contributed by atoms with Crippen LogP contribution in [0.25, 0.3) is 0 Å². The molecular weight excluding hydrogens is 288 g/mol. The summed E-state index contributed by atoms with van der Waals surface area (Å²) >= 11 is 0. The van der Waals surface area contributed by atoms with Crippen LogP contribution in [0.15, 0.2) is 0 Å². The van der Waals surface area contributed by atoms with Crippen molar-refractivity contribution in [2.45, 2.75) is 103 Å². The molecule has 23 heavy (non-hydrogen) atoms. The van der Waals surface area contributed by atoms with Crippen molar-refractivity contribution in [2.75, 3.05) is 0 Å². The van der Waals surface area contributed by atoms with E-state index in [2.05, 4.69) is 12.2 Å². The fraction of sp³-hybridized carbons (Fsp3) is 0.895. The Morgan fingerprint density at radius 1 is 0.870 bits per heavy atom. The Hall–Kier alpha value is -1.06. The second-order valence-corrected chi connectivity index (χ2v) is 7.10. The second kappa shape index (κ2) is 12.4. The van der Waals surface area contributed by atoms with E-state index in [4.69, 9.17) is 5.73 Å². The SMILES string of the molecule is CCCCCCCCCCCC(=O)NC1CCC(C(N)=O)CC1. The van der Waals surface area contributed by atoms with Crippen LogP contribution in [0.2, 0.25) is 0 Å². The van der Waals surface area contributed by atoms with Gasteiger partial charge in [-0.15, -0.1) is 0 Å². The first-order valence-corrected chi connectivity index (χ1v) is 9.72. The van der Waals surface area contributed by atoms with Gasteiger partial charge in [0.25, 0.3) is 0 Å². The zero-order valence-electron chi connectivity index (χ0n) is 14.9. The molecule has 1 rings (SSSR count). The van der Waals surface area contributed by atoms with E-state index >= 15 is 0 Å². The third-order valence-corrected chi connectivity index (χ3v) is 5.00. The van der Waals surface area contributed by atoms with Crippen molar-refractivity contribution in [1.82, 2.24) is 5.32 Å². The molecular formula is C19H36N2O2. The fourth-order valence-corrected chi connectivity index (χ4v) is 3.42. The molecule has 0 saturated heterocycles. The molecule has 134 valence electrons. The minimum Gasteiger partial charge on any atom is -0.369 e. The average molecular weight is 325 g/mol. The highest BCUT2D eigenvalue weighted by Crippen LogP contribution is 2.24. The Morgan fingerprint density at radius 3 is 1.91 bits per heavy atom. The second-order valence-electron chi connectivity index (χ2n) is 7.10. The molecule has 1 aliphatic carbocycles. The molecule has 0 aromatic carbocycles. The van der Waals surface area contributed by atoms with E-state index < -0.39 is 0 Å². The minimum atomic E-state index is -0.190. The molecule has 0 atom stereocenters. The standard InChI is InChI=1S/C19H36N2O2/c1-2-3-4-5-6-7-8-9-10-11-18(22)21-17-14-12-16(13-15-17)19(20)23/h16-17H,2-15H2,1H3,(H2,20,23)(H,21,22). The Bertz CT molecular complexity index is 336. The largest absolute Gasteiger partial charge is 0.369 e. The quantitative estimate of drug-likeness (QED) is 0.531. The van der Waals surface area contributed by atoms with Gasteiger partial charge in [-0.25, -0.2) is 0 Å². The zero-order chi connectivity index (χ0) is 16.9.